The number of furan rings is 1. The van der Waals surface area contributed by atoms with Gasteiger partial charge in [0, 0.05) is 24.4 Å². The van der Waals surface area contributed by atoms with Crippen LogP contribution in [0.15, 0.2) is 28.2 Å². The third kappa shape index (κ3) is 5.65. The van der Waals surface area contributed by atoms with Crippen molar-refractivity contribution in [2.45, 2.75) is 32.1 Å². The van der Waals surface area contributed by atoms with Gasteiger partial charge in [-0.2, -0.15) is 0 Å². The minimum absolute atomic E-state index is 0.0817. The number of carbonyl (C=O) groups is 3. The first-order valence-corrected chi connectivity index (χ1v) is 9.83. The SMILES string of the molecule is O=C(Cc1csc(NC(=O)c2ccco2)n1)NCCNC(=O)C1CCCC1. The maximum Gasteiger partial charge on any atom is 0.293 e. The van der Waals surface area contributed by atoms with Crippen molar-refractivity contribution in [3.05, 3.63) is 35.2 Å². The van der Waals surface area contributed by atoms with Crippen LogP contribution in [-0.2, 0) is 16.0 Å². The zero-order valence-corrected chi connectivity index (χ0v) is 15.6. The normalized spacial score (nSPS) is 14.1. The topological polar surface area (TPSA) is 113 Å². The molecule has 1 aliphatic rings. The first-order chi connectivity index (χ1) is 13.1. The van der Waals surface area contributed by atoms with Crippen LogP contribution in [0.5, 0.6) is 0 Å². The molecule has 0 aliphatic heterocycles. The Balaban J connectivity index is 1.35. The number of nitrogens with zero attached hydrogens (tertiary/aromatic N) is 1. The van der Waals surface area contributed by atoms with Crippen molar-refractivity contribution in [1.29, 1.82) is 0 Å². The highest BCUT2D eigenvalue weighted by atomic mass is 32.1. The van der Waals surface area contributed by atoms with Crippen LogP contribution >= 0.6 is 11.3 Å². The van der Waals surface area contributed by atoms with Gasteiger partial charge in [-0.05, 0) is 25.0 Å². The number of amides is 3. The largest absolute Gasteiger partial charge is 0.459 e. The summed E-state index contributed by atoms with van der Waals surface area (Å²) >= 11 is 1.24. The summed E-state index contributed by atoms with van der Waals surface area (Å²) in [6.45, 7) is 0.798. The first-order valence-electron chi connectivity index (χ1n) is 8.95. The van der Waals surface area contributed by atoms with Gasteiger partial charge in [-0.15, -0.1) is 11.3 Å². The first kappa shape index (κ1) is 19.1. The summed E-state index contributed by atoms with van der Waals surface area (Å²) < 4.78 is 5.01. The molecule has 8 nitrogen and oxygen atoms in total. The molecule has 0 radical (unpaired) electrons. The Morgan fingerprint density at radius 2 is 1.96 bits per heavy atom. The smallest absolute Gasteiger partial charge is 0.293 e. The Kier molecular flexibility index (Phi) is 6.59. The molecule has 27 heavy (non-hydrogen) atoms. The maximum absolute atomic E-state index is 12.0. The molecule has 0 aromatic carbocycles. The summed E-state index contributed by atoms with van der Waals surface area (Å²) in [6, 6.07) is 3.19. The highest BCUT2D eigenvalue weighted by molar-refractivity contribution is 7.14. The molecule has 0 unspecified atom stereocenters. The summed E-state index contributed by atoms with van der Waals surface area (Å²) in [5.41, 5.74) is 0.572. The zero-order valence-electron chi connectivity index (χ0n) is 14.8. The lowest BCUT2D eigenvalue weighted by Gasteiger charge is -2.10. The standard InChI is InChI=1S/C18H22N4O4S/c23-15(19-7-8-20-16(24)12-4-1-2-5-12)10-13-11-27-18(21-13)22-17(25)14-6-3-9-26-14/h3,6,9,11-12H,1-2,4-5,7-8,10H2,(H,19,23)(H,20,24)(H,21,22,25). The van der Waals surface area contributed by atoms with E-state index in [0.717, 1.165) is 25.7 Å². The molecule has 0 saturated heterocycles. The number of aromatic nitrogens is 1. The van der Waals surface area contributed by atoms with Gasteiger partial charge in [-0.1, -0.05) is 12.8 Å². The Bertz CT molecular complexity index is 781. The predicted octanol–water partition coefficient (Wildman–Crippen LogP) is 1.95. The van der Waals surface area contributed by atoms with Crippen LogP contribution < -0.4 is 16.0 Å². The molecule has 3 N–H and O–H groups in total. The second kappa shape index (κ2) is 9.31. The van der Waals surface area contributed by atoms with Gasteiger partial charge in [0.2, 0.25) is 11.8 Å². The van der Waals surface area contributed by atoms with Crippen LogP contribution in [0.1, 0.15) is 41.9 Å². The van der Waals surface area contributed by atoms with Crippen molar-refractivity contribution in [1.82, 2.24) is 15.6 Å². The molecule has 1 aliphatic carbocycles. The average molecular weight is 390 g/mol. The van der Waals surface area contributed by atoms with Crippen molar-refractivity contribution < 1.29 is 18.8 Å². The third-order valence-corrected chi connectivity index (χ3v) is 5.14. The molecule has 2 heterocycles. The van der Waals surface area contributed by atoms with Gasteiger partial charge in [-0.3, -0.25) is 19.7 Å². The van der Waals surface area contributed by atoms with Gasteiger partial charge in [0.15, 0.2) is 10.9 Å². The fourth-order valence-corrected chi connectivity index (χ4v) is 3.66. The quantitative estimate of drug-likeness (QED) is 0.596. The van der Waals surface area contributed by atoms with Crippen molar-refractivity contribution in [2.24, 2.45) is 5.92 Å². The molecule has 0 bridgehead atoms. The van der Waals surface area contributed by atoms with Crippen molar-refractivity contribution in [3.63, 3.8) is 0 Å². The Morgan fingerprint density at radius 3 is 2.70 bits per heavy atom. The van der Waals surface area contributed by atoms with Crippen LogP contribution in [0.4, 0.5) is 5.13 Å². The lowest BCUT2D eigenvalue weighted by Crippen LogP contribution is -2.37. The Labute approximate surface area is 160 Å². The van der Waals surface area contributed by atoms with Crippen LogP contribution in [0.2, 0.25) is 0 Å². The van der Waals surface area contributed by atoms with E-state index in [9.17, 15) is 14.4 Å². The number of hydrogen-bond acceptors (Lipinski definition) is 6. The van der Waals surface area contributed by atoms with Gasteiger partial charge in [0.05, 0.1) is 18.4 Å². The van der Waals surface area contributed by atoms with Gasteiger partial charge in [-0.25, -0.2) is 4.98 Å². The Morgan fingerprint density at radius 1 is 1.19 bits per heavy atom. The average Bonchev–Trinajstić information content (AvgIpc) is 3.40. The zero-order chi connectivity index (χ0) is 19.1. The second-order valence-corrected chi connectivity index (χ2v) is 7.23. The minimum atomic E-state index is -0.386. The van der Waals surface area contributed by atoms with E-state index in [-0.39, 0.29) is 35.8 Å². The fourth-order valence-electron chi connectivity index (χ4n) is 2.96. The molecule has 9 heteroatoms. The molecule has 3 amide bonds. The summed E-state index contributed by atoms with van der Waals surface area (Å²) in [5.74, 6) is -0.157. The van der Waals surface area contributed by atoms with E-state index >= 15 is 0 Å². The van der Waals surface area contributed by atoms with Crippen LogP contribution in [0, 0.1) is 5.92 Å². The van der Waals surface area contributed by atoms with Gasteiger partial charge in [0.1, 0.15) is 0 Å². The molecule has 2 aromatic heterocycles. The van der Waals surface area contributed by atoms with E-state index in [1.165, 1.54) is 17.6 Å². The third-order valence-electron chi connectivity index (χ3n) is 4.33. The molecular formula is C18H22N4O4S. The molecule has 0 spiro atoms. The van der Waals surface area contributed by atoms with E-state index in [1.54, 1.807) is 17.5 Å². The molecule has 1 saturated carbocycles. The van der Waals surface area contributed by atoms with Gasteiger partial charge >= 0.3 is 0 Å². The Hall–Kier alpha value is -2.68. The summed E-state index contributed by atoms with van der Waals surface area (Å²) in [7, 11) is 0. The number of carbonyl (C=O) groups excluding carboxylic acids is 3. The van der Waals surface area contributed by atoms with Crippen LogP contribution in [0.3, 0.4) is 0 Å². The molecular weight excluding hydrogens is 368 g/mol. The van der Waals surface area contributed by atoms with E-state index in [2.05, 4.69) is 20.9 Å². The number of rotatable bonds is 8. The number of hydrogen-bond donors (Lipinski definition) is 3. The van der Waals surface area contributed by atoms with Crippen LogP contribution in [0.25, 0.3) is 0 Å². The molecule has 1 fully saturated rings. The van der Waals surface area contributed by atoms with Crippen molar-refractivity contribution in [3.8, 4) is 0 Å². The highest BCUT2D eigenvalue weighted by Crippen LogP contribution is 2.24. The summed E-state index contributed by atoms with van der Waals surface area (Å²) in [5, 5.41) is 10.4. The lowest BCUT2D eigenvalue weighted by atomic mass is 10.1. The second-order valence-electron chi connectivity index (χ2n) is 6.37. The number of nitrogens with one attached hydrogen (secondary N) is 3. The van der Waals surface area contributed by atoms with E-state index < -0.39 is 0 Å². The summed E-state index contributed by atoms with van der Waals surface area (Å²) in [6.07, 6.45) is 5.69. The predicted molar refractivity (Wildman–Crippen MR) is 100 cm³/mol. The molecule has 3 rings (SSSR count). The van der Waals surface area contributed by atoms with Crippen molar-refractivity contribution >= 4 is 34.2 Å². The molecule has 144 valence electrons. The maximum atomic E-state index is 12.0. The minimum Gasteiger partial charge on any atom is -0.459 e. The van der Waals surface area contributed by atoms with Gasteiger partial charge in [0.25, 0.3) is 5.91 Å². The van der Waals surface area contributed by atoms with Crippen LogP contribution in [-0.4, -0.2) is 35.8 Å². The monoisotopic (exact) mass is 390 g/mol. The van der Waals surface area contributed by atoms with E-state index in [1.807, 2.05) is 0 Å². The fraction of sp³-hybridized carbons (Fsp3) is 0.444. The number of thiazole rings is 1. The van der Waals surface area contributed by atoms with E-state index in [0.29, 0.717) is 23.9 Å². The van der Waals surface area contributed by atoms with Gasteiger partial charge < -0.3 is 15.1 Å². The molecule has 2 aromatic rings. The highest BCUT2D eigenvalue weighted by Gasteiger charge is 2.22. The lowest BCUT2D eigenvalue weighted by molar-refractivity contribution is -0.125. The summed E-state index contributed by atoms with van der Waals surface area (Å²) in [4.78, 5) is 40.0. The number of anilines is 1. The molecule has 0 atom stereocenters. The van der Waals surface area contributed by atoms with Crippen molar-refractivity contribution in [2.75, 3.05) is 18.4 Å². The van der Waals surface area contributed by atoms with E-state index in [4.69, 9.17) is 4.42 Å².